The van der Waals surface area contributed by atoms with E-state index in [1.165, 1.54) is 5.56 Å². The molecule has 0 saturated heterocycles. The van der Waals surface area contributed by atoms with Crippen molar-refractivity contribution in [2.24, 2.45) is 5.73 Å². The van der Waals surface area contributed by atoms with Gasteiger partial charge in [-0.1, -0.05) is 6.92 Å². The van der Waals surface area contributed by atoms with Crippen molar-refractivity contribution in [3.05, 3.63) is 23.3 Å². The number of benzene rings is 1. The summed E-state index contributed by atoms with van der Waals surface area (Å²) >= 11 is 0. The molecule has 0 radical (unpaired) electrons. The number of nitrogens with two attached hydrogens (primary N) is 1. The van der Waals surface area contributed by atoms with Crippen LogP contribution in [0.2, 0.25) is 0 Å². The molecular formula is C11H15NO2. The highest BCUT2D eigenvalue weighted by Gasteiger charge is 2.14. The lowest BCUT2D eigenvalue weighted by Gasteiger charge is -2.20. The Hall–Kier alpha value is -1.22. The van der Waals surface area contributed by atoms with Crippen LogP contribution in [0.1, 0.15) is 18.1 Å². The van der Waals surface area contributed by atoms with Crippen LogP contribution in [0.15, 0.2) is 12.1 Å². The maximum atomic E-state index is 5.66. The van der Waals surface area contributed by atoms with Gasteiger partial charge in [0.15, 0.2) is 11.5 Å². The van der Waals surface area contributed by atoms with Crippen molar-refractivity contribution in [3.8, 4) is 11.5 Å². The molecule has 1 aromatic carbocycles. The third kappa shape index (κ3) is 1.55. The summed E-state index contributed by atoms with van der Waals surface area (Å²) in [5.41, 5.74) is 8.06. The number of hydrogen-bond acceptors (Lipinski definition) is 3. The fourth-order valence-corrected chi connectivity index (χ4v) is 1.69. The molecule has 0 unspecified atom stereocenters. The molecule has 76 valence electrons. The predicted molar refractivity (Wildman–Crippen MR) is 54.7 cm³/mol. The van der Waals surface area contributed by atoms with Gasteiger partial charge < -0.3 is 15.2 Å². The van der Waals surface area contributed by atoms with Gasteiger partial charge in [0.05, 0.1) is 0 Å². The zero-order chi connectivity index (χ0) is 9.97. The molecule has 0 amide bonds. The van der Waals surface area contributed by atoms with Crippen molar-refractivity contribution < 1.29 is 9.47 Å². The summed E-state index contributed by atoms with van der Waals surface area (Å²) in [6.07, 6.45) is 0.975. The highest BCUT2D eigenvalue weighted by molar-refractivity contribution is 5.48. The lowest BCUT2D eigenvalue weighted by molar-refractivity contribution is 0.171. The summed E-state index contributed by atoms with van der Waals surface area (Å²) < 4.78 is 11.0. The van der Waals surface area contributed by atoms with Crippen LogP contribution in [-0.2, 0) is 13.0 Å². The Morgan fingerprint density at radius 2 is 1.71 bits per heavy atom. The van der Waals surface area contributed by atoms with Crippen molar-refractivity contribution in [1.29, 1.82) is 0 Å². The van der Waals surface area contributed by atoms with Gasteiger partial charge in [0, 0.05) is 6.54 Å². The summed E-state index contributed by atoms with van der Waals surface area (Å²) in [7, 11) is 0. The molecule has 2 rings (SSSR count). The van der Waals surface area contributed by atoms with E-state index < -0.39 is 0 Å². The van der Waals surface area contributed by atoms with E-state index in [0.717, 1.165) is 23.5 Å². The minimum atomic E-state index is 0.555. The Bertz CT molecular complexity index is 292. The largest absolute Gasteiger partial charge is 0.486 e. The second kappa shape index (κ2) is 3.88. The van der Waals surface area contributed by atoms with Crippen LogP contribution < -0.4 is 15.2 Å². The van der Waals surface area contributed by atoms with Crippen molar-refractivity contribution in [3.63, 3.8) is 0 Å². The normalized spacial score (nSPS) is 14.1. The third-order valence-corrected chi connectivity index (χ3v) is 2.47. The predicted octanol–water partition coefficient (Wildman–Crippen LogP) is 1.48. The summed E-state index contributed by atoms with van der Waals surface area (Å²) in [6, 6.07) is 4.03. The van der Waals surface area contributed by atoms with Crippen molar-refractivity contribution in [1.82, 2.24) is 0 Å². The maximum Gasteiger partial charge on any atom is 0.161 e. The Kier molecular flexibility index (Phi) is 2.59. The van der Waals surface area contributed by atoms with Gasteiger partial charge in [-0.15, -0.1) is 0 Å². The standard InChI is InChI=1S/C11H15NO2/c1-2-8-5-10-11(6-9(8)7-12)14-4-3-13-10/h5-6H,2-4,7,12H2,1H3. The minimum Gasteiger partial charge on any atom is -0.486 e. The molecule has 3 heteroatoms. The molecule has 1 heterocycles. The Morgan fingerprint density at radius 1 is 1.14 bits per heavy atom. The van der Waals surface area contributed by atoms with E-state index in [1.54, 1.807) is 0 Å². The first-order valence-corrected chi connectivity index (χ1v) is 4.96. The van der Waals surface area contributed by atoms with Crippen molar-refractivity contribution in [2.45, 2.75) is 19.9 Å². The molecule has 3 nitrogen and oxygen atoms in total. The monoisotopic (exact) mass is 193 g/mol. The van der Waals surface area contributed by atoms with Crippen LogP contribution in [0.4, 0.5) is 0 Å². The van der Waals surface area contributed by atoms with Gasteiger partial charge in [-0.05, 0) is 29.7 Å². The topological polar surface area (TPSA) is 44.5 Å². The summed E-state index contributed by atoms with van der Waals surface area (Å²) in [6.45, 7) is 3.94. The first-order chi connectivity index (χ1) is 6.85. The first-order valence-electron chi connectivity index (χ1n) is 4.96. The van der Waals surface area contributed by atoms with E-state index in [2.05, 4.69) is 6.92 Å². The Morgan fingerprint density at radius 3 is 2.21 bits per heavy atom. The van der Waals surface area contributed by atoms with Gasteiger partial charge in [0.25, 0.3) is 0 Å². The number of rotatable bonds is 2. The molecule has 14 heavy (non-hydrogen) atoms. The summed E-state index contributed by atoms with van der Waals surface area (Å²) in [4.78, 5) is 0. The van der Waals surface area contributed by atoms with E-state index in [1.807, 2.05) is 12.1 Å². The molecule has 2 N–H and O–H groups in total. The van der Waals surface area contributed by atoms with E-state index in [9.17, 15) is 0 Å². The van der Waals surface area contributed by atoms with Crippen LogP contribution in [-0.4, -0.2) is 13.2 Å². The summed E-state index contributed by atoms with van der Waals surface area (Å²) in [5, 5.41) is 0. The molecule has 0 saturated carbocycles. The van der Waals surface area contributed by atoms with Crippen LogP contribution in [0.5, 0.6) is 11.5 Å². The smallest absolute Gasteiger partial charge is 0.161 e. The van der Waals surface area contributed by atoms with E-state index in [-0.39, 0.29) is 0 Å². The Labute approximate surface area is 83.8 Å². The third-order valence-electron chi connectivity index (χ3n) is 2.47. The first kappa shape index (κ1) is 9.34. The number of fused-ring (bicyclic) bond motifs is 1. The zero-order valence-corrected chi connectivity index (χ0v) is 8.38. The van der Waals surface area contributed by atoms with Crippen molar-refractivity contribution >= 4 is 0 Å². The fourth-order valence-electron chi connectivity index (χ4n) is 1.69. The van der Waals surface area contributed by atoms with Crippen LogP contribution in [0.25, 0.3) is 0 Å². The molecule has 0 atom stereocenters. The van der Waals surface area contributed by atoms with E-state index in [4.69, 9.17) is 15.2 Å². The molecule has 1 aromatic rings. The van der Waals surface area contributed by atoms with Gasteiger partial charge in [0.1, 0.15) is 13.2 Å². The number of aryl methyl sites for hydroxylation is 1. The number of ether oxygens (including phenoxy) is 2. The average Bonchev–Trinajstić information content (AvgIpc) is 2.27. The highest BCUT2D eigenvalue weighted by Crippen LogP contribution is 2.33. The van der Waals surface area contributed by atoms with Crippen LogP contribution in [0.3, 0.4) is 0 Å². The highest BCUT2D eigenvalue weighted by atomic mass is 16.6. The maximum absolute atomic E-state index is 5.66. The molecule has 1 aliphatic rings. The molecule has 0 bridgehead atoms. The zero-order valence-electron chi connectivity index (χ0n) is 8.38. The fraction of sp³-hybridized carbons (Fsp3) is 0.455. The van der Waals surface area contributed by atoms with Gasteiger partial charge in [-0.2, -0.15) is 0 Å². The van der Waals surface area contributed by atoms with Gasteiger partial charge >= 0.3 is 0 Å². The van der Waals surface area contributed by atoms with E-state index >= 15 is 0 Å². The summed E-state index contributed by atoms with van der Waals surface area (Å²) in [5.74, 6) is 1.68. The van der Waals surface area contributed by atoms with Gasteiger partial charge in [0.2, 0.25) is 0 Å². The lowest BCUT2D eigenvalue weighted by atomic mass is 10.0. The quantitative estimate of drug-likeness (QED) is 0.773. The lowest BCUT2D eigenvalue weighted by Crippen LogP contribution is -2.16. The van der Waals surface area contributed by atoms with Crippen LogP contribution >= 0.6 is 0 Å². The molecule has 1 aliphatic heterocycles. The number of hydrogen-bond donors (Lipinski definition) is 1. The SMILES string of the molecule is CCc1cc2c(cc1CN)OCCO2. The second-order valence-electron chi connectivity index (χ2n) is 3.32. The van der Waals surface area contributed by atoms with Crippen molar-refractivity contribution in [2.75, 3.05) is 13.2 Å². The minimum absolute atomic E-state index is 0.555. The molecule has 0 spiro atoms. The molecular weight excluding hydrogens is 178 g/mol. The molecule has 0 aromatic heterocycles. The van der Waals surface area contributed by atoms with E-state index in [0.29, 0.717) is 19.8 Å². The van der Waals surface area contributed by atoms with Crippen LogP contribution in [0, 0.1) is 0 Å². The Balaban J connectivity index is 2.43. The van der Waals surface area contributed by atoms with Gasteiger partial charge in [-0.3, -0.25) is 0 Å². The molecule has 0 fully saturated rings. The second-order valence-corrected chi connectivity index (χ2v) is 3.32. The average molecular weight is 193 g/mol. The molecule has 0 aliphatic carbocycles. The van der Waals surface area contributed by atoms with Gasteiger partial charge in [-0.25, -0.2) is 0 Å².